The molecule has 1 aromatic heterocycles. The van der Waals surface area contributed by atoms with Crippen LogP contribution in [0.25, 0.3) is 0 Å². The second kappa shape index (κ2) is 6.06. The summed E-state index contributed by atoms with van der Waals surface area (Å²) in [7, 11) is 0. The summed E-state index contributed by atoms with van der Waals surface area (Å²) in [6, 6.07) is 10.4. The lowest BCUT2D eigenvalue weighted by Gasteiger charge is -2.05. The summed E-state index contributed by atoms with van der Waals surface area (Å²) in [5, 5.41) is 3.41. The van der Waals surface area contributed by atoms with Crippen molar-refractivity contribution in [1.29, 1.82) is 0 Å². The summed E-state index contributed by atoms with van der Waals surface area (Å²) in [5.74, 6) is 0.585. The van der Waals surface area contributed by atoms with E-state index < -0.39 is 0 Å². The molecule has 0 saturated carbocycles. The third kappa shape index (κ3) is 3.92. The monoisotopic (exact) mass is 230 g/mol. The fourth-order valence-electron chi connectivity index (χ4n) is 1.71. The van der Waals surface area contributed by atoms with Gasteiger partial charge < -0.3 is 15.6 Å². The molecule has 2 aromatic rings. The second-order valence-electron chi connectivity index (χ2n) is 4.05. The van der Waals surface area contributed by atoms with Gasteiger partial charge in [0.05, 0.1) is 6.33 Å². The highest BCUT2D eigenvalue weighted by Gasteiger charge is 1.94. The number of hydrogen-bond donors (Lipinski definition) is 2. The van der Waals surface area contributed by atoms with E-state index in [9.17, 15) is 0 Å². The minimum absolute atomic E-state index is 0.585. The lowest BCUT2D eigenvalue weighted by Crippen LogP contribution is -2.16. The van der Waals surface area contributed by atoms with Crippen LogP contribution in [0.4, 0.5) is 5.82 Å². The van der Waals surface area contributed by atoms with E-state index in [1.165, 1.54) is 5.56 Å². The van der Waals surface area contributed by atoms with E-state index in [1.807, 2.05) is 16.8 Å². The number of benzene rings is 1. The molecule has 0 spiro atoms. The maximum Gasteiger partial charge on any atom is 0.141 e. The van der Waals surface area contributed by atoms with Crippen LogP contribution in [0, 0.1) is 0 Å². The molecule has 4 heteroatoms. The molecule has 0 unspecified atom stereocenters. The molecule has 0 radical (unpaired) electrons. The number of aromatic nitrogens is 2. The van der Waals surface area contributed by atoms with Gasteiger partial charge in [0.15, 0.2) is 0 Å². The minimum atomic E-state index is 0.585. The highest BCUT2D eigenvalue weighted by Crippen LogP contribution is 1.99. The van der Waals surface area contributed by atoms with Crippen molar-refractivity contribution in [3.05, 3.63) is 48.4 Å². The summed E-state index contributed by atoms with van der Waals surface area (Å²) in [4.78, 5) is 3.98. The summed E-state index contributed by atoms with van der Waals surface area (Å²) >= 11 is 0. The van der Waals surface area contributed by atoms with Crippen molar-refractivity contribution in [1.82, 2.24) is 14.9 Å². The average molecular weight is 230 g/mol. The van der Waals surface area contributed by atoms with Crippen LogP contribution >= 0.6 is 0 Å². The third-order valence-corrected chi connectivity index (χ3v) is 2.60. The van der Waals surface area contributed by atoms with E-state index in [0.717, 1.165) is 26.1 Å². The van der Waals surface area contributed by atoms with Gasteiger partial charge in [-0.25, -0.2) is 4.98 Å². The Kier molecular flexibility index (Phi) is 4.16. The van der Waals surface area contributed by atoms with Crippen molar-refractivity contribution in [2.75, 3.05) is 12.3 Å². The summed E-state index contributed by atoms with van der Waals surface area (Å²) in [5.41, 5.74) is 6.86. The van der Waals surface area contributed by atoms with Crippen molar-refractivity contribution in [2.24, 2.45) is 0 Å². The van der Waals surface area contributed by atoms with E-state index in [0.29, 0.717) is 5.82 Å². The molecule has 0 aliphatic carbocycles. The van der Waals surface area contributed by atoms with Gasteiger partial charge in [0.25, 0.3) is 0 Å². The van der Waals surface area contributed by atoms with Gasteiger partial charge >= 0.3 is 0 Å². The Morgan fingerprint density at radius 2 is 2.06 bits per heavy atom. The zero-order valence-electron chi connectivity index (χ0n) is 9.84. The lowest BCUT2D eigenvalue weighted by atomic mass is 10.2. The molecule has 4 nitrogen and oxygen atoms in total. The highest BCUT2D eigenvalue weighted by atomic mass is 15.1. The van der Waals surface area contributed by atoms with Crippen molar-refractivity contribution < 1.29 is 0 Å². The first-order valence-corrected chi connectivity index (χ1v) is 5.86. The van der Waals surface area contributed by atoms with Gasteiger partial charge in [-0.3, -0.25) is 0 Å². The molecule has 0 amide bonds. The Hall–Kier alpha value is -1.81. The van der Waals surface area contributed by atoms with Crippen LogP contribution in [0.1, 0.15) is 12.0 Å². The van der Waals surface area contributed by atoms with Gasteiger partial charge in [-0.05, 0) is 18.5 Å². The first kappa shape index (κ1) is 11.7. The number of hydrogen-bond acceptors (Lipinski definition) is 3. The van der Waals surface area contributed by atoms with E-state index in [2.05, 4.69) is 34.6 Å². The molecule has 17 heavy (non-hydrogen) atoms. The number of nitrogens with two attached hydrogens (primary N) is 1. The van der Waals surface area contributed by atoms with Gasteiger partial charge in [0.2, 0.25) is 0 Å². The Morgan fingerprint density at radius 3 is 2.76 bits per heavy atom. The van der Waals surface area contributed by atoms with Crippen LogP contribution < -0.4 is 11.1 Å². The van der Waals surface area contributed by atoms with E-state index in [-0.39, 0.29) is 0 Å². The molecule has 0 atom stereocenters. The van der Waals surface area contributed by atoms with Crippen LogP contribution in [0.3, 0.4) is 0 Å². The number of rotatable bonds is 6. The van der Waals surface area contributed by atoms with E-state index >= 15 is 0 Å². The fraction of sp³-hybridized carbons (Fsp3) is 0.308. The topological polar surface area (TPSA) is 55.9 Å². The first-order valence-electron chi connectivity index (χ1n) is 5.86. The smallest absolute Gasteiger partial charge is 0.141 e. The quantitative estimate of drug-likeness (QED) is 0.742. The largest absolute Gasteiger partial charge is 0.382 e. The Morgan fingerprint density at radius 1 is 1.24 bits per heavy atom. The zero-order valence-corrected chi connectivity index (χ0v) is 9.84. The molecular formula is C13H18N4. The number of anilines is 1. The maximum atomic E-state index is 5.54. The van der Waals surface area contributed by atoms with Gasteiger partial charge in [0.1, 0.15) is 5.82 Å². The molecule has 3 N–H and O–H groups in total. The number of imidazole rings is 1. The number of nitrogen functional groups attached to an aromatic ring is 1. The Bertz CT molecular complexity index is 436. The van der Waals surface area contributed by atoms with Gasteiger partial charge in [0, 0.05) is 19.3 Å². The highest BCUT2D eigenvalue weighted by molar-refractivity contribution is 5.22. The van der Waals surface area contributed by atoms with Crippen molar-refractivity contribution in [3.63, 3.8) is 0 Å². The molecule has 1 aromatic carbocycles. The van der Waals surface area contributed by atoms with Crippen molar-refractivity contribution in [2.45, 2.75) is 19.5 Å². The Labute approximate surface area is 101 Å². The molecule has 0 aliphatic heterocycles. The van der Waals surface area contributed by atoms with E-state index in [4.69, 9.17) is 5.73 Å². The maximum absolute atomic E-state index is 5.54. The van der Waals surface area contributed by atoms with Crippen LogP contribution in [-0.2, 0) is 13.1 Å². The van der Waals surface area contributed by atoms with Crippen LogP contribution in [0.5, 0.6) is 0 Å². The predicted molar refractivity (Wildman–Crippen MR) is 69.4 cm³/mol. The standard InChI is InChI=1S/C13H18N4/c14-13-10-17(11-16-13)8-4-7-15-9-12-5-2-1-3-6-12/h1-3,5-6,10-11,15H,4,7-9,14H2. The SMILES string of the molecule is Nc1cn(CCCNCc2ccccc2)cn1. The average Bonchev–Trinajstić information content (AvgIpc) is 2.76. The molecular weight excluding hydrogens is 212 g/mol. The van der Waals surface area contributed by atoms with Crippen molar-refractivity contribution in [3.8, 4) is 0 Å². The van der Waals surface area contributed by atoms with E-state index in [1.54, 1.807) is 6.33 Å². The molecule has 2 rings (SSSR count). The second-order valence-corrected chi connectivity index (χ2v) is 4.05. The van der Waals surface area contributed by atoms with Gasteiger partial charge in [-0.2, -0.15) is 0 Å². The molecule has 1 heterocycles. The minimum Gasteiger partial charge on any atom is -0.382 e. The number of aryl methyl sites for hydroxylation is 1. The van der Waals surface area contributed by atoms with Gasteiger partial charge in [-0.1, -0.05) is 30.3 Å². The van der Waals surface area contributed by atoms with Gasteiger partial charge in [-0.15, -0.1) is 0 Å². The fourth-order valence-corrected chi connectivity index (χ4v) is 1.71. The Balaban J connectivity index is 1.61. The van der Waals surface area contributed by atoms with Crippen LogP contribution in [0.2, 0.25) is 0 Å². The number of nitrogens with one attached hydrogen (secondary N) is 1. The van der Waals surface area contributed by atoms with Crippen LogP contribution in [0.15, 0.2) is 42.9 Å². The molecule has 0 saturated heterocycles. The van der Waals surface area contributed by atoms with Crippen molar-refractivity contribution >= 4 is 5.82 Å². The normalized spacial score (nSPS) is 10.6. The predicted octanol–water partition coefficient (Wildman–Crippen LogP) is 1.65. The summed E-state index contributed by atoms with van der Waals surface area (Å²) in [6.45, 7) is 2.87. The summed E-state index contributed by atoms with van der Waals surface area (Å²) in [6.07, 6.45) is 4.70. The third-order valence-electron chi connectivity index (χ3n) is 2.60. The molecule has 0 fully saturated rings. The molecule has 90 valence electrons. The number of nitrogens with zero attached hydrogens (tertiary/aromatic N) is 2. The lowest BCUT2D eigenvalue weighted by molar-refractivity contribution is 0.581. The zero-order chi connectivity index (χ0) is 11.9. The summed E-state index contributed by atoms with van der Waals surface area (Å²) < 4.78 is 2.01. The van der Waals surface area contributed by atoms with Crippen LogP contribution in [-0.4, -0.2) is 16.1 Å². The molecule has 0 aliphatic rings. The molecule has 0 bridgehead atoms. The first-order chi connectivity index (χ1) is 8.34.